The highest BCUT2D eigenvalue weighted by Crippen LogP contribution is 2.13. The molecule has 0 aliphatic heterocycles. The normalized spacial score (nSPS) is 12.1. The van der Waals surface area contributed by atoms with Crippen molar-refractivity contribution in [2.24, 2.45) is 0 Å². The summed E-state index contributed by atoms with van der Waals surface area (Å²) < 4.78 is 9.88. The number of rotatable bonds is 10. The highest BCUT2D eigenvalue weighted by atomic mass is 32.1. The number of esters is 1. The van der Waals surface area contributed by atoms with Gasteiger partial charge in [0.05, 0.1) is 23.9 Å². The molecule has 20 heavy (non-hydrogen) atoms. The zero-order chi connectivity index (χ0) is 14.8. The van der Waals surface area contributed by atoms with Crippen LogP contribution in [0.15, 0.2) is 17.5 Å². The minimum Gasteiger partial charge on any atom is -0.466 e. The maximum atomic E-state index is 12.3. The lowest BCUT2D eigenvalue weighted by Crippen LogP contribution is -2.39. The number of carbonyl (C=O) groups is 2. The molecule has 0 bridgehead atoms. The van der Waals surface area contributed by atoms with Crippen LogP contribution in [0.1, 0.15) is 29.4 Å². The first-order valence-corrected chi connectivity index (χ1v) is 7.52. The van der Waals surface area contributed by atoms with Crippen molar-refractivity contribution in [1.82, 2.24) is 5.32 Å². The number of ketones is 1. The van der Waals surface area contributed by atoms with Gasteiger partial charge in [-0.3, -0.25) is 9.59 Å². The van der Waals surface area contributed by atoms with E-state index in [2.05, 4.69) is 5.32 Å². The molecule has 5 nitrogen and oxygen atoms in total. The van der Waals surface area contributed by atoms with E-state index in [-0.39, 0.29) is 18.2 Å². The summed E-state index contributed by atoms with van der Waals surface area (Å²) in [6.07, 6.45) is 0.838. The molecular weight excluding hydrogens is 278 g/mol. The summed E-state index contributed by atoms with van der Waals surface area (Å²) in [7, 11) is 1.63. The molecule has 0 aliphatic rings. The topological polar surface area (TPSA) is 64.6 Å². The van der Waals surface area contributed by atoms with Crippen LogP contribution >= 0.6 is 11.3 Å². The van der Waals surface area contributed by atoms with Gasteiger partial charge in [-0.1, -0.05) is 6.07 Å². The molecule has 1 N–H and O–H groups in total. The quantitative estimate of drug-likeness (QED) is 0.406. The van der Waals surface area contributed by atoms with E-state index >= 15 is 0 Å². The summed E-state index contributed by atoms with van der Waals surface area (Å²) >= 11 is 1.38. The van der Waals surface area contributed by atoms with Gasteiger partial charge in [-0.15, -0.1) is 11.3 Å². The molecule has 0 spiro atoms. The first-order chi connectivity index (χ1) is 9.69. The third-order valence-electron chi connectivity index (χ3n) is 2.67. The SMILES string of the molecule is CCOC(=O)CC(NCCCOC)C(=O)c1cccs1. The Balaban J connectivity index is 2.58. The molecule has 112 valence electrons. The third kappa shape index (κ3) is 5.81. The number of ether oxygens (including phenoxy) is 2. The van der Waals surface area contributed by atoms with E-state index in [9.17, 15) is 9.59 Å². The Morgan fingerprint density at radius 3 is 2.85 bits per heavy atom. The fourth-order valence-corrected chi connectivity index (χ4v) is 2.45. The smallest absolute Gasteiger partial charge is 0.307 e. The molecule has 0 radical (unpaired) electrons. The van der Waals surface area contributed by atoms with Crippen molar-refractivity contribution in [2.45, 2.75) is 25.8 Å². The second-order valence-electron chi connectivity index (χ2n) is 4.20. The van der Waals surface area contributed by atoms with Crippen molar-refractivity contribution < 1.29 is 19.1 Å². The molecule has 0 aromatic carbocycles. The first-order valence-electron chi connectivity index (χ1n) is 6.64. The largest absolute Gasteiger partial charge is 0.466 e. The van der Waals surface area contributed by atoms with E-state index in [0.717, 1.165) is 6.42 Å². The van der Waals surface area contributed by atoms with Crippen molar-refractivity contribution in [3.05, 3.63) is 22.4 Å². The van der Waals surface area contributed by atoms with Gasteiger partial charge < -0.3 is 14.8 Å². The van der Waals surface area contributed by atoms with Crippen LogP contribution in [-0.2, 0) is 14.3 Å². The second-order valence-corrected chi connectivity index (χ2v) is 5.15. The molecule has 0 saturated carbocycles. The van der Waals surface area contributed by atoms with Crippen molar-refractivity contribution in [1.29, 1.82) is 0 Å². The lowest BCUT2D eigenvalue weighted by molar-refractivity contribution is -0.143. The maximum absolute atomic E-state index is 12.3. The summed E-state index contributed by atoms with van der Waals surface area (Å²) in [5.74, 6) is -0.424. The van der Waals surface area contributed by atoms with E-state index in [1.54, 1.807) is 20.1 Å². The highest BCUT2D eigenvalue weighted by Gasteiger charge is 2.23. The lowest BCUT2D eigenvalue weighted by atomic mass is 10.1. The highest BCUT2D eigenvalue weighted by molar-refractivity contribution is 7.12. The minimum absolute atomic E-state index is 0.0531. The number of nitrogens with one attached hydrogen (secondary N) is 1. The number of hydrogen-bond donors (Lipinski definition) is 1. The summed E-state index contributed by atoms with van der Waals surface area (Å²) in [6, 6.07) is 3.05. The van der Waals surface area contributed by atoms with Crippen molar-refractivity contribution in [2.75, 3.05) is 26.9 Å². The van der Waals surface area contributed by atoms with E-state index in [1.165, 1.54) is 11.3 Å². The predicted molar refractivity (Wildman–Crippen MR) is 78.2 cm³/mol. The number of carbonyl (C=O) groups excluding carboxylic acids is 2. The summed E-state index contributed by atoms with van der Waals surface area (Å²) in [4.78, 5) is 24.6. The summed E-state index contributed by atoms with van der Waals surface area (Å²) in [5, 5.41) is 4.96. The second kappa shape index (κ2) is 9.63. The zero-order valence-electron chi connectivity index (χ0n) is 11.9. The molecule has 0 aliphatic carbocycles. The lowest BCUT2D eigenvalue weighted by Gasteiger charge is -2.16. The van der Waals surface area contributed by atoms with E-state index in [4.69, 9.17) is 9.47 Å². The van der Waals surface area contributed by atoms with Crippen molar-refractivity contribution >= 4 is 23.1 Å². The van der Waals surface area contributed by atoms with Gasteiger partial charge in [0.15, 0.2) is 5.78 Å². The van der Waals surface area contributed by atoms with Gasteiger partial charge in [0.2, 0.25) is 0 Å². The van der Waals surface area contributed by atoms with Crippen molar-refractivity contribution in [3.63, 3.8) is 0 Å². The number of hydrogen-bond acceptors (Lipinski definition) is 6. The first kappa shape index (κ1) is 16.8. The monoisotopic (exact) mass is 299 g/mol. The molecule has 1 atom stereocenters. The molecule has 0 fully saturated rings. The van der Waals surface area contributed by atoms with Crippen LogP contribution in [0.25, 0.3) is 0 Å². The maximum Gasteiger partial charge on any atom is 0.307 e. The van der Waals surface area contributed by atoms with Gasteiger partial charge in [-0.05, 0) is 31.3 Å². The Kier molecular flexibility index (Phi) is 8.10. The third-order valence-corrected chi connectivity index (χ3v) is 3.56. The summed E-state index contributed by atoms with van der Waals surface area (Å²) in [6.45, 7) is 3.31. The standard InChI is InChI=1S/C14H21NO4S/c1-3-19-13(16)10-11(15-7-5-8-18-2)14(17)12-6-4-9-20-12/h4,6,9,11,15H,3,5,7-8,10H2,1-2H3. The Morgan fingerprint density at radius 1 is 1.45 bits per heavy atom. The number of thiophene rings is 1. The Bertz CT molecular complexity index is 405. The molecule has 0 amide bonds. The van der Waals surface area contributed by atoms with Crippen molar-refractivity contribution in [3.8, 4) is 0 Å². The Hall–Kier alpha value is -1.24. The van der Waals surface area contributed by atoms with Gasteiger partial charge in [0, 0.05) is 13.7 Å². The van der Waals surface area contributed by atoms with Gasteiger partial charge in [0.25, 0.3) is 0 Å². The average Bonchev–Trinajstić information content (AvgIpc) is 2.96. The Labute approximate surface area is 123 Å². The molecule has 1 heterocycles. The average molecular weight is 299 g/mol. The van der Waals surface area contributed by atoms with E-state index in [0.29, 0.717) is 24.6 Å². The molecular formula is C14H21NO4S. The number of Topliss-reactive ketones (excluding diaryl/α,β-unsaturated/α-hetero) is 1. The molecule has 1 aromatic heterocycles. The molecule has 0 saturated heterocycles. The fourth-order valence-electron chi connectivity index (χ4n) is 1.73. The van der Waals surface area contributed by atoms with Crippen LogP contribution in [0.3, 0.4) is 0 Å². The molecule has 1 rings (SSSR count). The predicted octanol–water partition coefficient (Wildman–Crippen LogP) is 1.88. The molecule has 6 heteroatoms. The van der Waals surface area contributed by atoms with E-state index in [1.807, 2.05) is 11.4 Å². The molecule has 1 aromatic rings. The van der Waals surface area contributed by atoms with Crippen LogP contribution in [0.2, 0.25) is 0 Å². The Morgan fingerprint density at radius 2 is 2.25 bits per heavy atom. The molecule has 1 unspecified atom stereocenters. The van der Waals surface area contributed by atoms with E-state index < -0.39 is 6.04 Å². The van der Waals surface area contributed by atoms with Gasteiger partial charge >= 0.3 is 5.97 Å². The van der Waals surface area contributed by atoms with Crippen LogP contribution < -0.4 is 5.32 Å². The van der Waals surface area contributed by atoms with Gasteiger partial charge in [0.1, 0.15) is 0 Å². The fraction of sp³-hybridized carbons (Fsp3) is 0.571. The number of methoxy groups -OCH3 is 1. The van der Waals surface area contributed by atoms with Crippen LogP contribution in [-0.4, -0.2) is 44.7 Å². The van der Waals surface area contributed by atoms with Gasteiger partial charge in [-0.2, -0.15) is 0 Å². The van der Waals surface area contributed by atoms with Crippen LogP contribution in [0.5, 0.6) is 0 Å². The van der Waals surface area contributed by atoms with Gasteiger partial charge in [-0.25, -0.2) is 0 Å². The zero-order valence-corrected chi connectivity index (χ0v) is 12.7. The van der Waals surface area contributed by atoms with Crippen LogP contribution in [0.4, 0.5) is 0 Å². The van der Waals surface area contributed by atoms with Crippen LogP contribution in [0, 0.1) is 0 Å². The minimum atomic E-state index is -0.537. The summed E-state index contributed by atoms with van der Waals surface area (Å²) in [5.41, 5.74) is 0.